The number of nitrogens with two attached hydrogens (primary N) is 2. The SMILES string of the molecule is CCC(=NN=C(N)N)c1c(O)n(-c2ccc(Cl)cc2)c(=O)[nH]c1=O. The third-order valence-corrected chi connectivity index (χ3v) is 3.33. The van der Waals surface area contributed by atoms with Crippen molar-refractivity contribution in [2.24, 2.45) is 21.7 Å². The van der Waals surface area contributed by atoms with Gasteiger partial charge >= 0.3 is 5.69 Å². The molecule has 0 aliphatic carbocycles. The molecule has 0 fully saturated rings. The van der Waals surface area contributed by atoms with Crippen molar-refractivity contribution in [1.82, 2.24) is 9.55 Å². The molecule has 0 unspecified atom stereocenters. The molecule has 0 aliphatic rings. The summed E-state index contributed by atoms with van der Waals surface area (Å²) in [5, 5.41) is 18.1. The van der Waals surface area contributed by atoms with Crippen LogP contribution in [0.3, 0.4) is 0 Å². The molecule has 2 rings (SSSR count). The fourth-order valence-electron chi connectivity index (χ4n) is 2.03. The normalized spacial score (nSPS) is 11.3. The Balaban J connectivity index is 2.75. The molecule has 1 heterocycles. The molecule has 0 aliphatic heterocycles. The van der Waals surface area contributed by atoms with Crippen LogP contribution in [-0.2, 0) is 0 Å². The van der Waals surface area contributed by atoms with Crippen LogP contribution in [0.4, 0.5) is 0 Å². The van der Waals surface area contributed by atoms with Gasteiger partial charge in [-0.25, -0.2) is 9.36 Å². The van der Waals surface area contributed by atoms with Gasteiger partial charge < -0.3 is 16.6 Å². The van der Waals surface area contributed by atoms with Crippen LogP contribution in [0.1, 0.15) is 18.9 Å². The molecule has 0 saturated carbocycles. The highest BCUT2D eigenvalue weighted by molar-refractivity contribution is 6.30. The van der Waals surface area contributed by atoms with Crippen molar-refractivity contribution in [2.45, 2.75) is 13.3 Å². The molecule has 126 valence electrons. The number of benzene rings is 1. The molecule has 0 spiro atoms. The minimum absolute atomic E-state index is 0.116. The van der Waals surface area contributed by atoms with Gasteiger partial charge in [0.2, 0.25) is 11.8 Å². The van der Waals surface area contributed by atoms with Crippen LogP contribution in [0, 0.1) is 0 Å². The highest BCUT2D eigenvalue weighted by Crippen LogP contribution is 2.19. The van der Waals surface area contributed by atoms with Crippen molar-refractivity contribution in [2.75, 3.05) is 0 Å². The Bertz CT molecular complexity index is 923. The quantitative estimate of drug-likeness (QED) is 0.354. The fraction of sp³-hybridized carbons (Fsp3) is 0.143. The van der Waals surface area contributed by atoms with Gasteiger partial charge in [0.1, 0.15) is 5.56 Å². The smallest absolute Gasteiger partial charge is 0.335 e. The summed E-state index contributed by atoms with van der Waals surface area (Å²) in [7, 11) is 0. The number of H-pyrrole nitrogens is 1. The number of halogens is 1. The van der Waals surface area contributed by atoms with Crippen molar-refractivity contribution in [3.05, 3.63) is 55.7 Å². The Kier molecular flexibility index (Phi) is 5.05. The number of nitrogens with one attached hydrogen (secondary N) is 1. The van der Waals surface area contributed by atoms with Crippen LogP contribution >= 0.6 is 11.6 Å². The Hall–Kier alpha value is -3.07. The van der Waals surface area contributed by atoms with Crippen molar-refractivity contribution in [1.29, 1.82) is 0 Å². The Morgan fingerprint density at radius 1 is 1.25 bits per heavy atom. The number of hydrogen-bond donors (Lipinski definition) is 4. The number of guanidine groups is 1. The monoisotopic (exact) mass is 350 g/mol. The molecule has 1 aromatic carbocycles. The average molecular weight is 351 g/mol. The Morgan fingerprint density at radius 2 is 1.88 bits per heavy atom. The van der Waals surface area contributed by atoms with Crippen LogP contribution in [0.15, 0.2) is 44.1 Å². The molecule has 0 radical (unpaired) electrons. The first kappa shape index (κ1) is 17.3. The summed E-state index contributed by atoms with van der Waals surface area (Å²) >= 11 is 5.81. The number of rotatable bonds is 4. The van der Waals surface area contributed by atoms with E-state index in [0.29, 0.717) is 10.7 Å². The number of aromatic amines is 1. The molecular weight excluding hydrogens is 336 g/mol. The lowest BCUT2D eigenvalue weighted by molar-refractivity contribution is 0.429. The lowest BCUT2D eigenvalue weighted by atomic mass is 10.1. The largest absolute Gasteiger partial charge is 0.493 e. The number of aromatic hydroxyl groups is 1. The van der Waals surface area contributed by atoms with E-state index in [2.05, 4.69) is 15.2 Å². The first-order valence-electron chi connectivity index (χ1n) is 6.85. The maximum atomic E-state index is 12.1. The molecule has 0 saturated heterocycles. The molecule has 1 aromatic heterocycles. The van der Waals surface area contributed by atoms with Crippen LogP contribution < -0.4 is 22.7 Å². The highest BCUT2D eigenvalue weighted by atomic mass is 35.5. The van der Waals surface area contributed by atoms with E-state index in [-0.39, 0.29) is 23.7 Å². The van der Waals surface area contributed by atoms with E-state index < -0.39 is 17.1 Å². The standard InChI is InChI=1S/C14H15ClN6O3/c1-2-9(19-20-13(16)17)10-11(22)18-14(24)21(12(10)23)8-5-3-7(15)4-6-8/h3-6,23H,2H2,1H3,(H4,16,17,20)(H,18,22,24). The summed E-state index contributed by atoms with van der Waals surface area (Å²) in [4.78, 5) is 26.3. The minimum Gasteiger partial charge on any atom is -0.493 e. The molecule has 6 N–H and O–H groups in total. The summed E-state index contributed by atoms with van der Waals surface area (Å²) < 4.78 is 0.924. The van der Waals surface area contributed by atoms with Gasteiger partial charge in [-0.2, -0.15) is 5.10 Å². The summed E-state index contributed by atoms with van der Waals surface area (Å²) in [5.41, 5.74) is 9.06. The summed E-state index contributed by atoms with van der Waals surface area (Å²) in [5.74, 6) is -0.875. The van der Waals surface area contributed by atoms with Crippen molar-refractivity contribution >= 4 is 23.3 Å². The average Bonchev–Trinajstić information content (AvgIpc) is 2.51. The maximum Gasteiger partial charge on any atom is 0.335 e. The van der Waals surface area contributed by atoms with Crippen LogP contribution in [0.5, 0.6) is 5.88 Å². The molecule has 0 atom stereocenters. The summed E-state index contributed by atoms with van der Waals surface area (Å²) in [6.07, 6.45) is 0.242. The molecule has 0 bridgehead atoms. The number of nitrogens with zero attached hydrogens (tertiary/aromatic N) is 3. The lowest BCUT2D eigenvalue weighted by Gasteiger charge is -2.11. The first-order chi connectivity index (χ1) is 11.3. The van der Waals surface area contributed by atoms with Gasteiger partial charge in [-0.3, -0.25) is 9.78 Å². The second-order valence-corrected chi connectivity index (χ2v) is 5.13. The zero-order valence-corrected chi connectivity index (χ0v) is 13.4. The van der Waals surface area contributed by atoms with Crippen LogP contribution in [0.25, 0.3) is 5.69 Å². The second kappa shape index (κ2) is 7.01. The van der Waals surface area contributed by atoms with E-state index in [0.717, 1.165) is 4.57 Å². The lowest BCUT2D eigenvalue weighted by Crippen LogP contribution is -2.33. The van der Waals surface area contributed by atoms with Gasteiger partial charge in [0.25, 0.3) is 5.56 Å². The molecule has 10 heteroatoms. The zero-order valence-electron chi connectivity index (χ0n) is 12.7. The third kappa shape index (κ3) is 3.46. The van der Waals surface area contributed by atoms with E-state index in [1.165, 1.54) is 12.1 Å². The van der Waals surface area contributed by atoms with Gasteiger partial charge in [-0.15, -0.1) is 5.10 Å². The highest BCUT2D eigenvalue weighted by Gasteiger charge is 2.19. The molecular formula is C14H15ClN6O3. The van der Waals surface area contributed by atoms with E-state index >= 15 is 0 Å². The Labute approximate surface area is 140 Å². The predicted octanol–water partition coefficient (Wildman–Crippen LogP) is 0.272. The number of hydrogen-bond acceptors (Lipinski definition) is 5. The first-order valence-corrected chi connectivity index (χ1v) is 7.23. The van der Waals surface area contributed by atoms with Gasteiger partial charge in [-0.1, -0.05) is 18.5 Å². The molecule has 2 aromatic rings. The maximum absolute atomic E-state index is 12.1. The molecule has 9 nitrogen and oxygen atoms in total. The molecule has 24 heavy (non-hydrogen) atoms. The summed E-state index contributed by atoms with van der Waals surface area (Å²) in [6.45, 7) is 1.69. The van der Waals surface area contributed by atoms with Crippen LogP contribution in [0.2, 0.25) is 5.02 Å². The van der Waals surface area contributed by atoms with Gasteiger partial charge in [0, 0.05) is 5.02 Å². The van der Waals surface area contributed by atoms with Gasteiger partial charge in [-0.05, 0) is 30.7 Å². The second-order valence-electron chi connectivity index (χ2n) is 4.69. The minimum atomic E-state index is -0.805. The zero-order chi connectivity index (χ0) is 17.9. The fourth-order valence-corrected chi connectivity index (χ4v) is 2.16. The topological polar surface area (TPSA) is 152 Å². The van der Waals surface area contributed by atoms with E-state index in [1.54, 1.807) is 19.1 Å². The van der Waals surface area contributed by atoms with Gasteiger partial charge in [0.15, 0.2) is 0 Å². The predicted molar refractivity (Wildman–Crippen MR) is 92.0 cm³/mol. The molecule has 0 amide bonds. The van der Waals surface area contributed by atoms with Crippen LogP contribution in [-0.4, -0.2) is 26.3 Å². The van der Waals surface area contributed by atoms with Crippen molar-refractivity contribution in [3.8, 4) is 11.6 Å². The van der Waals surface area contributed by atoms with Crippen molar-refractivity contribution < 1.29 is 5.11 Å². The Morgan fingerprint density at radius 3 is 2.42 bits per heavy atom. The van der Waals surface area contributed by atoms with Gasteiger partial charge in [0.05, 0.1) is 11.4 Å². The van der Waals surface area contributed by atoms with E-state index in [4.69, 9.17) is 23.1 Å². The third-order valence-electron chi connectivity index (χ3n) is 3.08. The summed E-state index contributed by atoms with van der Waals surface area (Å²) in [6, 6.07) is 6.12. The van der Waals surface area contributed by atoms with Crippen molar-refractivity contribution in [3.63, 3.8) is 0 Å². The number of aromatic nitrogens is 2. The van der Waals surface area contributed by atoms with E-state index in [9.17, 15) is 14.7 Å². The van der Waals surface area contributed by atoms with E-state index in [1.807, 2.05) is 0 Å².